The maximum Gasteiger partial charge on any atom is 0.344 e. The van der Waals surface area contributed by atoms with Gasteiger partial charge in [0.05, 0.1) is 6.61 Å². The van der Waals surface area contributed by atoms with Crippen molar-refractivity contribution in [3.8, 4) is 11.5 Å². The summed E-state index contributed by atoms with van der Waals surface area (Å²) in [6.45, 7) is 6.47. The smallest absolute Gasteiger partial charge is 0.344 e. The van der Waals surface area contributed by atoms with Crippen LogP contribution in [0.4, 0.5) is 0 Å². The molecule has 1 aromatic carbocycles. The summed E-state index contributed by atoms with van der Waals surface area (Å²) < 4.78 is 15.4. The van der Waals surface area contributed by atoms with Crippen molar-refractivity contribution in [3.63, 3.8) is 0 Å². The van der Waals surface area contributed by atoms with Crippen LogP contribution in [0.1, 0.15) is 20.8 Å². The minimum absolute atomic E-state index is 0.245. The molecule has 1 rings (SSSR count). The maximum absolute atomic E-state index is 11.5. The molecule has 0 spiro atoms. The zero-order valence-electron chi connectivity index (χ0n) is 13.3. The fraction of sp³-hybridized carbons (Fsp3) is 0.500. The van der Waals surface area contributed by atoms with Crippen LogP contribution in [0.15, 0.2) is 24.3 Å². The monoisotopic (exact) mass is 309 g/mol. The average Bonchev–Trinajstić information content (AvgIpc) is 2.50. The molecule has 122 valence electrons. The zero-order valence-corrected chi connectivity index (χ0v) is 13.3. The summed E-state index contributed by atoms with van der Waals surface area (Å²) in [5.41, 5.74) is 0. The lowest BCUT2D eigenvalue weighted by Gasteiger charge is -2.09. The highest BCUT2D eigenvalue weighted by Crippen LogP contribution is 2.17. The first kappa shape index (κ1) is 17.8. The summed E-state index contributed by atoms with van der Waals surface area (Å²) in [5.74, 6) is 0.711. The molecule has 0 aliphatic rings. The Hall–Kier alpha value is -2.24. The van der Waals surface area contributed by atoms with Crippen molar-refractivity contribution in [2.45, 2.75) is 20.8 Å². The van der Waals surface area contributed by atoms with Crippen LogP contribution in [0.2, 0.25) is 0 Å². The van der Waals surface area contributed by atoms with Crippen molar-refractivity contribution in [2.24, 2.45) is 5.92 Å². The lowest BCUT2D eigenvalue weighted by molar-refractivity contribution is -0.150. The Kier molecular flexibility index (Phi) is 7.81. The standard InChI is InChI=1S/C16H23NO5/c1-4-20-13-5-7-14(8-6-13)21-11-16(19)22-10-15(18)17-9-12(2)3/h5-8,12H,4,9-11H2,1-3H3,(H,17,18). The van der Waals surface area contributed by atoms with Crippen LogP contribution < -0.4 is 14.8 Å². The summed E-state index contributed by atoms with van der Waals surface area (Å²) in [6.07, 6.45) is 0. The number of carbonyl (C=O) groups excluding carboxylic acids is 2. The Morgan fingerprint density at radius 1 is 1.05 bits per heavy atom. The summed E-state index contributed by atoms with van der Waals surface area (Å²) in [6, 6.07) is 6.91. The highest BCUT2D eigenvalue weighted by atomic mass is 16.6. The first-order valence-corrected chi connectivity index (χ1v) is 7.29. The van der Waals surface area contributed by atoms with E-state index in [1.165, 1.54) is 0 Å². The van der Waals surface area contributed by atoms with Gasteiger partial charge in [0, 0.05) is 6.54 Å². The van der Waals surface area contributed by atoms with Crippen LogP contribution in [0.5, 0.6) is 11.5 Å². The van der Waals surface area contributed by atoms with Crippen LogP contribution in [0.25, 0.3) is 0 Å². The van der Waals surface area contributed by atoms with Crippen LogP contribution in [-0.4, -0.2) is 38.2 Å². The molecule has 1 aromatic rings. The number of rotatable bonds is 9. The lowest BCUT2D eigenvalue weighted by Crippen LogP contribution is -2.32. The van der Waals surface area contributed by atoms with Gasteiger partial charge in [-0.25, -0.2) is 4.79 Å². The Morgan fingerprint density at radius 2 is 1.64 bits per heavy atom. The van der Waals surface area contributed by atoms with Crippen LogP contribution in [-0.2, 0) is 14.3 Å². The predicted molar refractivity (Wildman–Crippen MR) is 81.9 cm³/mol. The third-order valence-corrected chi connectivity index (χ3v) is 2.56. The third-order valence-electron chi connectivity index (χ3n) is 2.56. The molecule has 0 saturated heterocycles. The second-order valence-electron chi connectivity index (χ2n) is 5.05. The van der Waals surface area contributed by atoms with Gasteiger partial charge in [0.2, 0.25) is 0 Å². The number of amides is 1. The van der Waals surface area contributed by atoms with Gasteiger partial charge < -0.3 is 19.5 Å². The van der Waals surface area contributed by atoms with E-state index < -0.39 is 5.97 Å². The largest absolute Gasteiger partial charge is 0.494 e. The van der Waals surface area contributed by atoms with Crippen molar-refractivity contribution in [2.75, 3.05) is 26.4 Å². The first-order valence-electron chi connectivity index (χ1n) is 7.29. The van der Waals surface area contributed by atoms with Gasteiger partial charge in [0.15, 0.2) is 13.2 Å². The molecule has 1 amide bonds. The molecule has 6 nitrogen and oxygen atoms in total. The van der Waals surface area contributed by atoms with Gasteiger partial charge in [-0.15, -0.1) is 0 Å². The van der Waals surface area contributed by atoms with Crippen LogP contribution >= 0.6 is 0 Å². The first-order chi connectivity index (χ1) is 10.5. The molecule has 0 aliphatic heterocycles. The van der Waals surface area contributed by atoms with Crippen molar-refractivity contribution >= 4 is 11.9 Å². The molecule has 0 saturated carbocycles. The normalized spacial score (nSPS) is 10.2. The van der Waals surface area contributed by atoms with E-state index >= 15 is 0 Å². The average molecular weight is 309 g/mol. The topological polar surface area (TPSA) is 73.9 Å². The second-order valence-corrected chi connectivity index (χ2v) is 5.05. The molecule has 0 atom stereocenters. The Morgan fingerprint density at radius 3 is 2.18 bits per heavy atom. The molecule has 0 fully saturated rings. The van der Waals surface area contributed by atoms with Crippen LogP contribution in [0.3, 0.4) is 0 Å². The van der Waals surface area contributed by atoms with Crippen molar-refractivity contribution in [1.29, 1.82) is 0 Å². The molecule has 0 heterocycles. The van der Waals surface area contributed by atoms with Crippen LogP contribution in [0, 0.1) is 5.92 Å². The van der Waals surface area contributed by atoms with Gasteiger partial charge in [0.25, 0.3) is 5.91 Å². The Bertz CT molecular complexity index is 470. The number of hydrogen-bond acceptors (Lipinski definition) is 5. The molecule has 0 aliphatic carbocycles. The molecule has 0 aromatic heterocycles. The van der Waals surface area contributed by atoms with Gasteiger partial charge in [-0.05, 0) is 37.1 Å². The Labute approximate surface area is 130 Å². The van der Waals surface area contributed by atoms with E-state index in [-0.39, 0.29) is 19.1 Å². The van der Waals surface area contributed by atoms with E-state index in [1.54, 1.807) is 24.3 Å². The quantitative estimate of drug-likeness (QED) is 0.704. The summed E-state index contributed by atoms with van der Waals surface area (Å²) in [4.78, 5) is 22.9. The fourth-order valence-corrected chi connectivity index (χ4v) is 1.50. The summed E-state index contributed by atoms with van der Waals surface area (Å²) in [7, 11) is 0. The molecule has 6 heteroatoms. The Balaban J connectivity index is 2.23. The number of nitrogens with one attached hydrogen (secondary N) is 1. The van der Waals surface area contributed by atoms with E-state index in [0.717, 1.165) is 5.75 Å². The van der Waals surface area contributed by atoms with Crippen molar-refractivity contribution < 1.29 is 23.8 Å². The van der Waals surface area contributed by atoms with Gasteiger partial charge in [0.1, 0.15) is 11.5 Å². The molecule has 0 radical (unpaired) electrons. The predicted octanol–water partition coefficient (Wildman–Crippen LogP) is 1.78. The highest BCUT2D eigenvalue weighted by molar-refractivity contribution is 5.80. The minimum Gasteiger partial charge on any atom is -0.494 e. The molecule has 1 N–H and O–H groups in total. The van der Waals surface area contributed by atoms with Gasteiger partial charge in [-0.2, -0.15) is 0 Å². The zero-order chi connectivity index (χ0) is 16.4. The van der Waals surface area contributed by atoms with E-state index in [2.05, 4.69) is 5.32 Å². The van der Waals surface area contributed by atoms with Crippen molar-refractivity contribution in [3.05, 3.63) is 24.3 Å². The second kappa shape index (κ2) is 9.65. The number of benzene rings is 1. The van der Waals surface area contributed by atoms with E-state index in [9.17, 15) is 9.59 Å². The third kappa shape index (κ3) is 7.52. The lowest BCUT2D eigenvalue weighted by atomic mass is 10.2. The van der Waals surface area contributed by atoms with Gasteiger partial charge in [-0.3, -0.25) is 4.79 Å². The number of ether oxygens (including phenoxy) is 3. The summed E-state index contributed by atoms with van der Waals surface area (Å²) >= 11 is 0. The molecule has 22 heavy (non-hydrogen) atoms. The molecular formula is C16H23NO5. The highest BCUT2D eigenvalue weighted by Gasteiger charge is 2.08. The number of carbonyl (C=O) groups is 2. The number of esters is 1. The van der Waals surface area contributed by atoms with Gasteiger partial charge >= 0.3 is 5.97 Å². The SMILES string of the molecule is CCOc1ccc(OCC(=O)OCC(=O)NCC(C)C)cc1. The summed E-state index contributed by atoms with van der Waals surface area (Å²) in [5, 5.41) is 2.66. The van der Waals surface area contributed by atoms with E-state index in [1.807, 2.05) is 20.8 Å². The number of hydrogen-bond donors (Lipinski definition) is 1. The van der Waals surface area contributed by atoms with E-state index in [0.29, 0.717) is 24.8 Å². The molecule has 0 bridgehead atoms. The maximum atomic E-state index is 11.5. The molecule has 0 unspecified atom stereocenters. The van der Waals surface area contributed by atoms with Gasteiger partial charge in [-0.1, -0.05) is 13.8 Å². The minimum atomic E-state index is -0.589. The fourth-order valence-electron chi connectivity index (χ4n) is 1.50. The van der Waals surface area contributed by atoms with E-state index in [4.69, 9.17) is 14.2 Å². The molecular weight excluding hydrogens is 286 g/mol. The van der Waals surface area contributed by atoms with Crippen molar-refractivity contribution in [1.82, 2.24) is 5.32 Å².